The average molecular weight is 468 g/mol. The molecule has 3 N–H and O–H groups in total. The largest absolute Gasteiger partial charge is 0.478 e. The summed E-state index contributed by atoms with van der Waals surface area (Å²) >= 11 is 0. The van der Waals surface area contributed by atoms with Gasteiger partial charge >= 0.3 is 0 Å². The van der Waals surface area contributed by atoms with Gasteiger partial charge in [0.2, 0.25) is 5.88 Å². The molecule has 0 saturated heterocycles. The molecule has 1 saturated carbocycles. The predicted octanol–water partition coefficient (Wildman–Crippen LogP) is 4.12. The highest BCUT2D eigenvalue weighted by molar-refractivity contribution is 6.17. The Kier molecular flexibility index (Phi) is 6.51. The van der Waals surface area contributed by atoms with Crippen LogP contribution < -0.4 is 15.8 Å². The zero-order chi connectivity index (χ0) is 24.5. The van der Waals surface area contributed by atoms with E-state index >= 15 is 0 Å². The van der Waals surface area contributed by atoms with Gasteiger partial charge in [-0.2, -0.15) is 0 Å². The van der Waals surface area contributed by atoms with Crippen molar-refractivity contribution in [2.45, 2.75) is 57.8 Å². The van der Waals surface area contributed by atoms with Crippen LogP contribution in [0.4, 0.5) is 11.5 Å². The lowest BCUT2D eigenvalue weighted by molar-refractivity contribution is 0.00462. The number of anilines is 2. The molecular formula is C25H33N5O4. The first-order valence-corrected chi connectivity index (χ1v) is 11.4. The van der Waals surface area contributed by atoms with Crippen molar-refractivity contribution in [2.75, 3.05) is 31.9 Å². The molecule has 4 rings (SSSR count). The Labute approximate surface area is 199 Å². The number of carbonyl (C=O) groups excluding carboxylic acids is 1. The van der Waals surface area contributed by atoms with Crippen molar-refractivity contribution in [3.05, 3.63) is 41.7 Å². The molecule has 9 heteroatoms. The molecule has 0 spiro atoms. The summed E-state index contributed by atoms with van der Waals surface area (Å²) in [5.41, 5.74) is 8.35. The maximum atomic E-state index is 13.6. The highest BCUT2D eigenvalue weighted by Gasteiger charge is 2.45. The molecule has 182 valence electrons. The van der Waals surface area contributed by atoms with Gasteiger partial charge in [0.25, 0.3) is 5.91 Å². The minimum absolute atomic E-state index is 0.189. The van der Waals surface area contributed by atoms with Crippen LogP contribution in [0.25, 0.3) is 11.0 Å². The van der Waals surface area contributed by atoms with Gasteiger partial charge in [0.05, 0.1) is 24.2 Å². The van der Waals surface area contributed by atoms with E-state index in [-0.39, 0.29) is 22.9 Å². The Morgan fingerprint density at radius 3 is 2.53 bits per heavy atom. The van der Waals surface area contributed by atoms with Crippen molar-refractivity contribution in [3.8, 4) is 5.88 Å². The number of carbonyl (C=O) groups is 1. The molecule has 0 radical (unpaired) electrons. The van der Waals surface area contributed by atoms with Crippen LogP contribution in [0.15, 0.2) is 30.6 Å². The van der Waals surface area contributed by atoms with Crippen molar-refractivity contribution < 1.29 is 19.0 Å². The van der Waals surface area contributed by atoms with Crippen LogP contribution in [-0.2, 0) is 21.6 Å². The SMILES string of the molecule is COCc1ccc(NC(=O)c2c(OCCC(C)(C)OC)n(C3(C)CC3)c3ncnc(N)c23)cc1. The molecule has 0 atom stereocenters. The van der Waals surface area contributed by atoms with Gasteiger partial charge in [-0.15, -0.1) is 0 Å². The molecule has 2 aromatic heterocycles. The number of hydrogen-bond acceptors (Lipinski definition) is 7. The summed E-state index contributed by atoms with van der Waals surface area (Å²) in [6, 6.07) is 7.51. The van der Waals surface area contributed by atoms with Crippen LogP contribution in [0.5, 0.6) is 5.88 Å². The number of nitrogens with two attached hydrogens (primary N) is 1. The van der Waals surface area contributed by atoms with E-state index in [0.29, 0.717) is 47.8 Å². The van der Waals surface area contributed by atoms with E-state index in [4.69, 9.17) is 19.9 Å². The maximum Gasteiger partial charge on any atom is 0.261 e. The first kappa shape index (κ1) is 24.0. The summed E-state index contributed by atoms with van der Waals surface area (Å²) < 4.78 is 19.0. The Bertz CT molecular complexity index is 1180. The van der Waals surface area contributed by atoms with E-state index in [9.17, 15) is 4.79 Å². The lowest BCUT2D eigenvalue weighted by Gasteiger charge is -2.24. The third-order valence-corrected chi connectivity index (χ3v) is 6.49. The molecule has 34 heavy (non-hydrogen) atoms. The Hall–Kier alpha value is -3.17. The number of benzene rings is 1. The second-order valence-electron chi connectivity index (χ2n) is 9.62. The summed E-state index contributed by atoms with van der Waals surface area (Å²) in [4.78, 5) is 22.3. The molecule has 3 aromatic rings. The fraction of sp³-hybridized carbons (Fsp3) is 0.480. The Morgan fingerprint density at radius 1 is 1.21 bits per heavy atom. The highest BCUT2D eigenvalue weighted by Crippen LogP contribution is 2.50. The highest BCUT2D eigenvalue weighted by atomic mass is 16.5. The van der Waals surface area contributed by atoms with Gasteiger partial charge < -0.3 is 25.3 Å². The first-order valence-electron chi connectivity index (χ1n) is 11.4. The number of amides is 1. The normalized spacial score (nSPS) is 14.9. The quantitative estimate of drug-likeness (QED) is 0.461. The number of rotatable bonds is 10. The molecule has 1 amide bonds. The molecule has 1 aromatic carbocycles. The molecule has 0 unspecified atom stereocenters. The number of nitrogens with zero attached hydrogens (tertiary/aromatic N) is 3. The Morgan fingerprint density at radius 2 is 1.91 bits per heavy atom. The van der Waals surface area contributed by atoms with Crippen LogP contribution >= 0.6 is 0 Å². The molecule has 1 aliphatic carbocycles. The van der Waals surface area contributed by atoms with Crippen molar-refractivity contribution in [1.82, 2.24) is 14.5 Å². The lowest BCUT2D eigenvalue weighted by atomic mass is 10.1. The van der Waals surface area contributed by atoms with Crippen LogP contribution in [0.3, 0.4) is 0 Å². The summed E-state index contributed by atoms with van der Waals surface area (Å²) in [5.74, 6) is 0.383. The van der Waals surface area contributed by atoms with E-state index in [1.54, 1.807) is 14.2 Å². The summed E-state index contributed by atoms with van der Waals surface area (Å²) in [7, 11) is 3.32. The number of fused-ring (bicyclic) bond motifs is 1. The number of aromatic nitrogens is 3. The van der Waals surface area contributed by atoms with E-state index < -0.39 is 0 Å². The number of ether oxygens (including phenoxy) is 3. The van der Waals surface area contributed by atoms with Crippen LogP contribution in [0.2, 0.25) is 0 Å². The molecule has 0 aliphatic heterocycles. The van der Waals surface area contributed by atoms with Gasteiger partial charge in [0.15, 0.2) is 0 Å². The van der Waals surface area contributed by atoms with E-state index in [2.05, 4.69) is 22.2 Å². The van der Waals surface area contributed by atoms with Crippen molar-refractivity contribution in [1.29, 1.82) is 0 Å². The summed E-state index contributed by atoms with van der Waals surface area (Å²) in [5, 5.41) is 3.49. The van der Waals surface area contributed by atoms with Gasteiger partial charge in [-0.25, -0.2) is 9.97 Å². The topological polar surface area (TPSA) is 114 Å². The summed E-state index contributed by atoms with van der Waals surface area (Å²) in [6.07, 6.45) is 3.99. The third kappa shape index (κ3) is 4.71. The fourth-order valence-corrected chi connectivity index (χ4v) is 3.91. The molecule has 2 heterocycles. The van der Waals surface area contributed by atoms with Gasteiger partial charge in [-0.1, -0.05) is 12.1 Å². The van der Waals surface area contributed by atoms with Gasteiger partial charge in [0, 0.05) is 31.9 Å². The molecular weight excluding hydrogens is 434 g/mol. The zero-order valence-electron chi connectivity index (χ0n) is 20.5. The van der Waals surface area contributed by atoms with E-state index in [1.165, 1.54) is 6.33 Å². The predicted molar refractivity (Wildman–Crippen MR) is 131 cm³/mol. The number of nitrogen functional groups attached to an aromatic ring is 1. The van der Waals surface area contributed by atoms with Crippen molar-refractivity contribution in [2.24, 2.45) is 0 Å². The maximum absolute atomic E-state index is 13.6. The monoisotopic (exact) mass is 467 g/mol. The molecule has 0 bridgehead atoms. The van der Waals surface area contributed by atoms with Crippen molar-refractivity contribution >= 4 is 28.4 Å². The molecule has 1 fully saturated rings. The first-order chi connectivity index (χ1) is 16.2. The second kappa shape index (κ2) is 9.23. The van der Waals surface area contributed by atoms with Crippen LogP contribution in [0, 0.1) is 0 Å². The van der Waals surface area contributed by atoms with Gasteiger partial charge in [0.1, 0.15) is 23.4 Å². The molecule has 9 nitrogen and oxygen atoms in total. The number of nitrogens with one attached hydrogen (secondary N) is 1. The summed E-state index contributed by atoms with van der Waals surface area (Å²) in [6.45, 7) is 7.00. The third-order valence-electron chi connectivity index (χ3n) is 6.49. The van der Waals surface area contributed by atoms with E-state index in [1.807, 2.05) is 42.7 Å². The smallest absolute Gasteiger partial charge is 0.261 e. The van der Waals surface area contributed by atoms with Crippen LogP contribution in [-0.4, -0.2) is 46.9 Å². The Balaban J connectivity index is 1.75. The van der Waals surface area contributed by atoms with Gasteiger partial charge in [-0.05, 0) is 51.3 Å². The average Bonchev–Trinajstić information content (AvgIpc) is 3.44. The van der Waals surface area contributed by atoms with Gasteiger partial charge in [-0.3, -0.25) is 9.36 Å². The van der Waals surface area contributed by atoms with E-state index in [0.717, 1.165) is 18.4 Å². The number of methoxy groups -OCH3 is 2. The fourth-order valence-electron chi connectivity index (χ4n) is 3.91. The molecule has 1 aliphatic rings. The number of hydrogen-bond donors (Lipinski definition) is 2. The minimum Gasteiger partial charge on any atom is -0.478 e. The second-order valence-corrected chi connectivity index (χ2v) is 9.62. The zero-order valence-corrected chi connectivity index (χ0v) is 20.5. The lowest BCUT2D eigenvalue weighted by Crippen LogP contribution is -2.26. The van der Waals surface area contributed by atoms with Crippen molar-refractivity contribution in [3.63, 3.8) is 0 Å². The minimum atomic E-state index is -0.356. The van der Waals surface area contributed by atoms with Crippen LogP contribution in [0.1, 0.15) is 56.0 Å². The standard InChI is InChI=1S/C25H33N5O4/c1-24(2,33-5)12-13-34-23-19(22(31)29-17-8-6-16(7-9-17)14-32-4)18-20(26)27-15-28-21(18)30(23)25(3)10-11-25/h6-9,15H,10-14H2,1-5H3,(H,29,31)(H2,26,27,28).